The number of rotatable bonds is 6. The quantitative estimate of drug-likeness (QED) is 0.553. The Morgan fingerprint density at radius 2 is 1.67 bits per heavy atom. The summed E-state index contributed by atoms with van der Waals surface area (Å²) in [4.78, 5) is 9.72. The first-order chi connectivity index (χ1) is 12.5. The number of sulfone groups is 1. The minimum atomic E-state index is -4.86. The number of alkyl halides is 3. The van der Waals surface area contributed by atoms with Gasteiger partial charge in [0.2, 0.25) is 0 Å². The van der Waals surface area contributed by atoms with Crippen LogP contribution in [0.15, 0.2) is 64.7 Å². The van der Waals surface area contributed by atoms with Gasteiger partial charge in [-0.15, -0.1) is 13.2 Å². The topological polar surface area (TPSA) is 98.5 Å². The van der Waals surface area contributed by atoms with Crippen LogP contribution in [0.3, 0.4) is 0 Å². The second-order valence-corrected chi connectivity index (χ2v) is 7.25. The molecule has 0 aromatic heterocycles. The van der Waals surface area contributed by atoms with Crippen LogP contribution in [0.1, 0.15) is 0 Å². The summed E-state index contributed by atoms with van der Waals surface area (Å²) in [5, 5.41) is 12.6. The van der Waals surface area contributed by atoms with Crippen molar-refractivity contribution in [1.29, 1.82) is 0 Å². The lowest BCUT2D eigenvalue weighted by Crippen LogP contribution is -2.17. The van der Waals surface area contributed by atoms with E-state index in [1.807, 2.05) is 0 Å². The summed E-state index contributed by atoms with van der Waals surface area (Å²) in [6, 6.07) is 8.93. The molecule has 0 amide bonds. The van der Waals surface area contributed by atoms with Gasteiger partial charge in [-0.05, 0) is 48.5 Å². The maximum Gasteiger partial charge on any atom is 0.573 e. The minimum Gasteiger partial charge on any atom is -0.406 e. The number of ether oxygens (including phenoxy) is 1. The van der Waals surface area contributed by atoms with Crippen LogP contribution in [-0.2, 0) is 9.84 Å². The molecule has 0 aliphatic carbocycles. The molecule has 0 spiro atoms. The molecule has 0 saturated carbocycles. The van der Waals surface area contributed by atoms with Crippen molar-refractivity contribution in [2.45, 2.75) is 11.3 Å². The molecule has 0 unspecified atom stereocenters. The highest BCUT2D eigenvalue weighted by molar-refractivity contribution is 7.95. The van der Waals surface area contributed by atoms with Crippen LogP contribution < -0.4 is 10.1 Å². The van der Waals surface area contributed by atoms with Gasteiger partial charge in [0.1, 0.15) is 5.75 Å². The van der Waals surface area contributed by atoms with Crippen LogP contribution in [0.25, 0.3) is 0 Å². The molecule has 0 bridgehead atoms. The Morgan fingerprint density at radius 3 is 2.15 bits per heavy atom. The molecule has 0 aliphatic heterocycles. The van der Waals surface area contributed by atoms with E-state index in [0.717, 1.165) is 36.4 Å². The van der Waals surface area contributed by atoms with Gasteiger partial charge in [0.15, 0.2) is 0 Å². The van der Waals surface area contributed by atoms with E-state index in [4.69, 9.17) is 11.6 Å². The van der Waals surface area contributed by atoms with Crippen LogP contribution in [-0.4, -0.2) is 19.7 Å². The van der Waals surface area contributed by atoms with Gasteiger partial charge < -0.3 is 10.1 Å². The fourth-order valence-electron chi connectivity index (χ4n) is 1.86. The van der Waals surface area contributed by atoms with Crippen molar-refractivity contribution in [1.82, 2.24) is 0 Å². The van der Waals surface area contributed by atoms with Crippen molar-refractivity contribution in [2.75, 3.05) is 5.32 Å². The smallest absolute Gasteiger partial charge is 0.406 e. The van der Waals surface area contributed by atoms with Crippen molar-refractivity contribution in [3.8, 4) is 5.75 Å². The van der Waals surface area contributed by atoms with Gasteiger partial charge in [0.05, 0.1) is 16.0 Å². The second kappa shape index (κ2) is 7.84. The maximum atomic E-state index is 12.4. The molecule has 12 heteroatoms. The van der Waals surface area contributed by atoms with Crippen LogP contribution in [0.5, 0.6) is 5.75 Å². The van der Waals surface area contributed by atoms with Gasteiger partial charge in [-0.1, -0.05) is 11.6 Å². The van der Waals surface area contributed by atoms with E-state index in [1.165, 1.54) is 12.1 Å². The van der Waals surface area contributed by atoms with E-state index in [1.54, 1.807) is 0 Å². The SMILES string of the molecule is O=[N+]([O-])C(=CNc1ccc(OC(F)(F)F)cc1)S(=O)(=O)c1ccc(Cl)cc1. The molecule has 0 aliphatic rings. The Hall–Kier alpha value is -2.79. The number of nitro groups is 1. The zero-order chi connectivity index (χ0) is 20.2. The number of halogens is 4. The molecule has 0 radical (unpaired) electrons. The molecule has 0 atom stereocenters. The summed E-state index contributed by atoms with van der Waals surface area (Å²) < 4.78 is 64.8. The van der Waals surface area contributed by atoms with E-state index in [9.17, 15) is 31.7 Å². The van der Waals surface area contributed by atoms with Gasteiger partial charge in [-0.25, -0.2) is 8.42 Å². The van der Waals surface area contributed by atoms with Crippen LogP contribution in [0, 0.1) is 10.1 Å². The fraction of sp³-hybridized carbons (Fsp3) is 0.0667. The number of anilines is 1. The lowest BCUT2D eigenvalue weighted by Gasteiger charge is -2.09. The summed E-state index contributed by atoms with van der Waals surface area (Å²) in [6.07, 6.45) is -4.23. The van der Waals surface area contributed by atoms with E-state index >= 15 is 0 Å². The number of benzene rings is 2. The zero-order valence-electron chi connectivity index (χ0n) is 13.1. The molecule has 144 valence electrons. The molecule has 2 aromatic carbocycles. The Kier molecular flexibility index (Phi) is 5.96. The summed E-state index contributed by atoms with van der Waals surface area (Å²) in [5.74, 6) is -0.500. The van der Waals surface area contributed by atoms with Crippen LogP contribution in [0.2, 0.25) is 5.02 Å². The highest BCUT2D eigenvalue weighted by Gasteiger charge is 2.32. The van der Waals surface area contributed by atoms with Crippen LogP contribution >= 0.6 is 11.6 Å². The Labute approximate surface area is 156 Å². The second-order valence-electron chi connectivity index (χ2n) is 4.91. The lowest BCUT2D eigenvalue weighted by molar-refractivity contribution is -0.411. The number of nitrogens with zero attached hydrogens (tertiary/aromatic N) is 1. The van der Waals surface area contributed by atoms with Gasteiger partial charge in [0, 0.05) is 10.7 Å². The molecule has 1 N–H and O–H groups in total. The Morgan fingerprint density at radius 1 is 1.11 bits per heavy atom. The monoisotopic (exact) mass is 422 g/mol. The average Bonchev–Trinajstić information content (AvgIpc) is 2.55. The standard InChI is InChI=1S/C15H10ClF3N2O5S/c16-10-1-7-13(8-2-10)27(24,25)14(21(22)23)9-20-11-3-5-12(6-4-11)26-15(17,18)19/h1-9,20H. The van der Waals surface area contributed by atoms with Gasteiger partial charge in [-0.2, -0.15) is 0 Å². The molecule has 0 fully saturated rings. The van der Waals surface area contributed by atoms with Crippen molar-refractivity contribution in [3.05, 3.63) is 74.9 Å². The number of hydrogen-bond acceptors (Lipinski definition) is 6. The lowest BCUT2D eigenvalue weighted by atomic mass is 10.3. The minimum absolute atomic E-state index is 0.107. The first-order valence-electron chi connectivity index (χ1n) is 6.96. The molecule has 2 rings (SSSR count). The molecule has 0 heterocycles. The third-order valence-electron chi connectivity index (χ3n) is 3.03. The van der Waals surface area contributed by atoms with E-state index < -0.39 is 31.9 Å². The summed E-state index contributed by atoms with van der Waals surface area (Å²) in [7, 11) is -4.45. The predicted octanol–water partition coefficient (Wildman–Crippen LogP) is 4.20. The molecule has 27 heavy (non-hydrogen) atoms. The molecule has 2 aromatic rings. The predicted molar refractivity (Wildman–Crippen MR) is 90.5 cm³/mol. The first kappa shape index (κ1) is 20.5. The number of hydrogen-bond donors (Lipinski definition) is 1. The molecule has 7 nitrogen and oxygen atoms in total. The van der Waals surface area contributed by atoms with Crippen molar-refractivity contribution < 1.29 is 31.2 Å². The van der Waals surface area contributed by atoms with Gasteiger partial charge in [-0.3, -0.25) is 10.1 Å². The van der Waals surface area contributed by atoms with E-state index in [-0.39, 0.29) is 15.6 Å². The normalized spacial score (nSPS) is 12.5. The Balaban J connectivity index is 2.25. The summed E-state index contributed by atoms with van der Waals surface area (Å²) >= 11 is 5.66. The first-order valence-corrected chi connectivity index (χ1v) is 8.83. The van der Waals surface area contributed by atoms with Crippen LogP contribution in [0.4, 0.5) is 18.9 Å². The van der Waals surface area contributed by atoms with Crippen molar-refractivity contribution in [2.24, 2.45) is 0 Å². The largest absolute Gasteiger partial charge is 0.573 e. The Bertz CT molecular complexity index is 958. The van der Waals surface area contributed by atoms with Crippen molar-refractivity contribution >= 4 is 27.1 Å². The van der Waals surface area contributed by atoms with Gasteiger partial charge in [0.25, 0.3) is 9.84 Å². The molecular weight excluding hydrogens is 413 g/mol. The van der Waals surface area contributed by atoms with E-state index in [0.29, 0.717) is 6.20 Å². The highest BCUT2D eigenvalue weighted by atomic mass is 35.5. The number of nitrogens with one attached hydrogen (secondary N) is 1. The highest BCUT2D eigenvalue weighted by Crippen LogP contribution is 2.25. The third-order valence-corrected chi connectivity index (χ3v) is 4.99. The zero-order valence-corrected chi connectivity index (χ0v) is 14.7. The average molecular weight is 423 g/mol. The molecular formula is C15H10ClF3N2O5S. The molecule has 0 saturated heterocycles. The summed E-state index contributed by atoms with van der Waals surface area (Å²) in [5.41, 5.74) is 0.107. The third kappa shape index (κ3) is 5.59. The van der Waals surface area contributed by atoms with Gasteiger partial charge >= 0.3 is 11.4 Å². The van der Waals surface area contributed by atoms with E-state index in [2.05, 4.69) is 10.1 Å². The fourth-order valence-corrected chi connectivity index (χ4v) is 3.13. The maximum absolute atomic E-state index is 12.4. The summed E-state index contributed by atoms with van der Waals surface area (Å²) in [6.45, 7) is 0. The van der Waals surface area contributed by atoms with Crippen molar-refractivity contribution in [3.63, 3.8) is 0 Å².